The molecular formula is C14H16FNO2S. The highest BCUT2D eigenvalue weighted by Crippen LogP contribution is 2.38. The molecule has 2 aliphatic heterocycles. The van der Waals surface area contributed by atoms with Gasteiger partial charge in [-0.2, -0.15) is 4.39 Å². The summed E-state index contributed by atoms with van der Waals surface area (Å²) in [5.74, 6) is -0.846. The number of halogens is 1. The fraction of sp³-hybridized carbons (Fsp3) is 0.571. The second-order valence-electron chi connectivity index (χ2n) is 5.38. The standard InChI is InChI=1S/C14H16FNO2S/c15-13-6-2-5-12(16-13)14(17)9-7-10-3-1-4-11(8-9)19(10)18/h2,5-6,9-11H,1,3-4,7-8H2. The number of aromatic nitrogens is 1. The van der Waals surface area contributed by atoms with Crippen molar-refractivity contribution >= 4 is 16.6 Å². The van der Waals surface area contributed by atoms with Gasteiger partial charge in [0.2, 0.25) is 5.95 Å². The van der Waals surface area contributed by atoms with Crippen LogP contribution < -0.4 is 0 Å². The van der Waals surface area contributed by atoms with Crippen molar-refractivity contribution in [3.05, 3.63) is 29.8 Å². The van der Waals surface area contributed by atoms with Crippen LogP contribution in [0.15, 0.2) is 18.2 Å². The highest BCUT2D eigenvalue weighted by molar-refractivity contribution is 7.86. The van der Waals surface area contributed by atoms with Gasteiger partial charge in [-0.3, -0.25) is 9.00 Å². The number of carbonyl (C=O) groups excluding carboxylic acids is 1. The Morgan fingerprint density at radius 3 is 2.58 bits per heavy atom. The van der Waals surface area contributed by atoms with Crippen molar-refractivity contribution < 1.29 is 13.4 Å². The minimum atomic E-state index is -0.781. The zero-order chi connectivity index (χ0) is 13.4. The zero-order valence-electron chi connectivity index (χ0n) is 10.5. The number of carbonyl (C=O) groups is 1. The third-order valence-corrected chi connectivity index (χ3v) is 6.31. The molecule has 0 radical (unpaired) electrons. The number of hydrogen-bond donors (Lipinski definition) is 0. The molecule has 2 saturated heterocycles. The molecule has 1 aromatic rings. The highest BCUT2D eigenvalue weighted by Gasteiger charge is 2.40. The van der Waals surface area contributed by atoms with Crippen molar-refractivity contribution in [3.63, 3.8) is 0 Å². The van der Waals surface area contributed by atoms with Crippen molar-refractivity contribution in [2.24, 2.45) is 5.92 Å². The molecule has 0 amide bonds. The summed E-state index contributed by atoms with van der Waals surface area (Å²) >= 11 is 0. The molecule has 102 valence electrons. The average molecular weight is 281 g/mol. The summed E-state index contributed by atoms with van der Waals surface area (Å²) in [6.45, 7) is 0. The van der Waals surface area contributed by atoms with Crippen LogP contribution in [0.1, 0.15) is 42.6 Å². The van der Waals surface area contributed by atoms with Gasteiger partial charge in [0, 0.05) is 27.2 Å². The maximum absolute atomic E-state index is 13.1. The van der Waals surface area contributed by atoms with Crippen LogP contribution in [0, 0.1) is 11.9 Å². The molecule has 2 aliphatic rings. The van der Waals surface area contributed by atoms with Gasteiger partial charge < -0.3 is 0 Å². The maximum Gasteiger partial charge on any atom is 0.213 e. The zero-order valence-corrected chi connectivity index (χ0v) is 11.4. The second kappa shape index (κ2) is 5.12. The van der Waals surface area contributed by atoms with E-state index in [0.717, 1.165) is 19.3 Å². The Balaban J connectivity index is 1.80. The van der Waals surface area contributed by atoms with E-state index in [9.17, 15) is 13.4 Å². The predicted octanol–water partition coefficient (Wildman–Crippen LogP) is 2.48. The van der Waals surface area contributed by atoms with Gasteiger partial charge in [-0.1, -0.05) is 12.5 Å². The Kier molecular flexibility index (Phi) is 3.48. The first-order valence-corrected chi connectivity index (χ1v) is 7.99. The lowest BCUT2D eigenvalue weighted by Gasteiger charge is -2.37. The van der Waals surface area contributed by atoms with Gasteiger partial charge in [0.1, 0.15) is 5.69 Å². The van der Waals surface area contributed by atoms with Crippen LogP contribution in [0.2, 0.25) is 0 Å². The molecule has 0 aliphatic carbocycles. The predicted molar refractivity (Wildman–Crippen MR) is 70.8 cm³/mol. The quantitative estimate of drug-likeness (QED) is 0.618. The fourth-order valence-electron chi connectivity index (χ4n) is 3.20. The molecule has 3 nitrogen and oxygen atoms in total. The van der Waals surface area contributed by atoms with E-state index in [0.29, 0.717) is 12.8 Å². The summed E-state index contributed by atoms with van der Waals surface area (Å²) in [4.78, 5) is 16.0. The molecule has 0 aromatic carbocycles. The number of pyridine rings is 1. The van der Waals surface area contributed by atoms with Gasteiger partial charge in [0.15, 0.2) is 5.78 Å². The fourth-order valence-corrected chi connectivity index (χ4v) is 5.39. The Labute approximate surface area is 114 Å². The summed E-state index contributed by atoms with van der Waals surface area (Å²) in [5.41, 5.74) is 0.204. The molecule has 0 N–H and O–H groups in total. The van der Waals surface area contributed by atoms with E-state index in [-0.39, 0.29) is 27.9 Å². The Morgan fingerprint density at radius 1 is 1.26 bits per heavy atom. The van der Waals surface area contributed by atoms with Crippen molar-refractivity contribution in [2.45, 2.75) is 42.6 Å². The molecule has 19 heavy (non-hydrogen) atoms. The number of Topliss-reactive ketones (excluding diaryl/α,β-unsaturated/α-hetero) is 1. The van der Waals surface area contributed by atoms with Gasteiger partial charge >= 0.3 is 0 Å². The number of hydrogen-bond acceptors (Lipinski definition) is 3. The normalized spacial score (nSPS) is 33.9. The van der Waals surface area contributed by atoms with Gasteiger partial charge in [-0.15, -0.1) is 0 Å². The molecule has 1 aromatic heterocycles. The number of fused-ring (bicyclic) bond motifs is 2. The summed E-state index contributed by atoms with van der Waals surface area (Å²) < 4.78 is 25.2. The number of rotatable bonds is 2. The molecule has 0 spiro atoms. The molecule has 3 heterocycles. The van der Waals surface area contributed by atoms with E-state index in [1.165, 1.54) is 12.1 Å². The Morgan fingerprint density at radius 2 is 1.95 bits per heavy atom. The van der Waals surface area contributed by atoms with E-state index < -0.39 is 16.7 Å². The molecular weight excluding hydrogens is 265 g/mol. The molecule has 2 unspecified atom stereocenters. The minimum Gasteiger partial charge on any atom is -0.292 e. The van der Waals surface area contributed by atoms with Crippen molar-refractivity contribution in [3.8, 4) is 0 Å². The first-order valence-electron chi connectivity index (χ1n) is 6.71. The lowest BCUT2D eigenvalue weighted by molar-refractivity contribution is 0.0889. The van der Waals surface area contributed by atoms with E-state index in [1.54, 1.807) is 6.07 Å². The molecule has 2 fully saturated rings. The maximum atomic E-state index is 13.1. The van der Waals surface area contributed by atoms with Gasteiger partial charge in [-0.25, -0.2) is 4.98 Å². The van der Waals surface area contributed by atoms with Crippen LogP contribution in [-0.2, 0) is 10.8 Å². The van der Waals surface area contributed by atoms with Crippen molar-refractivity contribution in [2.75, 3.05) is 0 Å². The van der Waals surface area contributed by atoms with Crippen molar-refractivity contribution in [1.82, 2.24) is 4.98 Å². The first kappa shape index (κ1) is 12.9. The lowest BCUT2D eigenvalue weighted by atomic mass is 9.85. The third-order valence-electron chi connectivity index (χ3n) is 4.14. The Hall–Kier alpha value is -1.10. The third kappa shape index (κ3) is 2.48. The SMILES string of the molecule is O=C(c1cccc(F)n1)C1CC2CCCC(C1)S2=O. The molecule has 5 heteroatoms. The monoisotopic (exact) mass is 281 g/mol. The van der Waals surface area contributed by atoms with Crippen LogP contribution in [-0.4, -0.2) is 25.5 Å². The van der Waals surface area contributed by atoms with Crippen LogP contribution in [0.4, 0.5) is 4.39 Å². The largest absolute Gasteiger partial charge is 0.292 e. The smallest absolute Gasteiger partial charge is 0.213 e. The summed E-state index contributed by atoms with van der Waals surface area (Å²) in [5, 5.41) is 0.296. The topological polar surface area (TPSA) is 47.0 Å². The Bertz CT molecular complexity index is 518. The number of nitrogens with zero attached hydrogens (tertiary/aromatic N) is 1. The molecule has 2 bridgehead atoms. The number of ketones is 1. The van der Waals surface area contributed by atoms with Crippen LogP contribution in [0.5, 0.6) is 0 Å². The average Bonchev–Trinajstić information content (AvgIpc) is 2.37. The van der Waals surface area contributed by atoms with E-state index in [2.05, 4.69) is 4.98 Å². The van der Waals surface area contributed by atoms with E-state index >= 15 is 0 Å². The van der Waals surface area contributed by atoms with E-state index in [4.69, 9.17) is 0 Å². The van der Waals surface area contributed by atoms with E-state index in [1.807, 2.05) is 0 Å². The summed E-state index contributed by atoms with van der Waals surface area (Å²) in [6.07, 6.45) is 4.34. The summed E-state index contributed by atoms with van der Waals surface area (Å²) in [6, 6.07) is 4.31. The van der Waals surface area contributed by atoms with Crippen molar-refractivity contribution in [1.29, 1.82) is 0 Å². The molecule has 0 saturated carbocycles. The lowest BCUT2D eigenvalue weighted by Crippen LogP contribution is -2.41. The molecule has 3 rings (SSSR count). The molecule has 2 atom stereocenters. The highest BCUT2D eigenvalue weighted by atomic mass is 32.2. The van der Waals surface area contributed by atoms with Gasteiger partial charge in [-0.05, 0) is 37.8 Å². The van der Waals surface area contributed by atoms with Crippen LogP contribution in [0.25, 0.3) is 0 Å². The second-order valence-corrected chi connectivity index (χ2v) is 7.37. The first-order chi connectivity index (χ1) is 9.15. The van der Waals surface area contributed by atoms with Gasteiger partial charge in [0.05, 0.1) is 0 Å². The minimum absolute atomic E-state index is 0.0897. The summed E-state index contributed by atoms with van der Waals surface area (Å²) in [7, 11) is -0.781. The van der Waals surface area contributed by atoms with Crippen LogP contribution in [0.3, 0.4) is 0 Å². The van der Waals surface area contributed by atoms with Crippen LogP contribution >= 0.6 is 0 Å². The van der Waals surface area contributed by atoms with Gasteiger partial charge in [0.25, 0.3) is 0 Å².